The maximum Gasteiger partial charge on any atom is 0.0701 e. The van der Waals surface area contributed by atoms with Crippen LogP contribution in [0.25, 0.3) is 0 Å². The second kappa shape index (κ2) is 65.0. The SMILES string of the molecule is CCCCCCCCC=CCCCCCCCCOCCOCCOCCOCCOCCOCCOCCOCCOCCOCCOCCCCCCCCC=CCCCCCCCC. The number of hydrogen-bond acceptors (Lipinski definition) is 11. The number of allylic oxidation sites excluding steroid dienone is 4. The highest BCUT2D eigenvalue weighted by Gasteiger charge is 1.99. The molecule has 0 aromatic carbocycles. The van der Waals surface area contributed by atoms with E-state index in [4.69, 9.17) is 52.1 Å². The maximum absolute atomic E-state index is 5.70. The molecule has 0 heterocycles. The first kappa shape index (κ1) is 66.0. The average Bonchev–Trinajstić information content (AvgIpc) is 3.34. The lowest BCUT2D eigenvalue weighted by atomic mass is 10.1. The zero-order valence-electron chi connectivity index (χ0n) is 44.2. The molecule has 0 unspecified atom stereocenters. The predicted molar refractivity (Wildman–Crippen MR) is 278 cm³/mol. The van der Waals surface area contributed by atoms with Gasteiger partial charge in [0.05, 0.1) is 132 Å². The Hall–Kier alpha value is -0.960. The van der Waals surface area contributed by atoms with Gasteiger partial charge in [0.2, 0.25) is 0 Å². The molecule has 0 amide bonds. The summed E-state index contributed by atoms with van der Waals surface area (Å²) < 4.78 is 61.5. The van der Waals surface area contributed by atoms with Crippen LogP contribution in [0.4, 0.5) is 0 Å². The molecule has 0 spiro atoms. The molecular formula is C56H110O11. The molecule has 0 saturated heterocycles. The summed E-state index contributed by atoms with van der Waals surface area (Å²) in [5, 5.41) is 0. The van der Waals surface area contributed by atoms with E-state index in [2.05, 4.69) is 38.2 Å². The Morgan fingerprint density at radius 2 is 0.313 bits per heavy atom. The van der Waals surface area contributed by atoms with Crippen molar-refractivity contribution in [2.75, 3.05) is 145 Å². The molecule has 0 aliphatic heterocycles. The summed E-state index contributed by atoms with van der Waals surface area (Å²) in [7, 11) is 0. The van der Waals surface area contributed by atoms with Crippen LogP contribution >= 0.6 is 0 Å². The molecule has 0 saturated carbocycles. The topological polar surface area (TPSA) is 102 Å². The predicted octanol–water partition coefficient (Wildman–Crippen LogP) is 13.2. The van der Waals surface area contributed by atoms with Crippen molar-refractivity contribution in [1.82, 2.24) is 0 Å². The standard InChI is InChI=1S/C56H110O11/c1-3-5-7-9-11-13-15-17-19-21-23-25-27-29-31-33-35-57-37-39-59-41-43-61-45-47-63-49-51-65-53-55-67-56-54-66-52-50-64-48-46-62-44-42-60-40-38-58-36-34-32-30-28-26-24-22-20-18-16-14-12-10-8-6-4-2/h17-20H,3-16,21-56H2,1-2H3. The van der Waals surface area contributed by atoms with Crippen molar-refractivity contribution >= 4 is 0 Å². The molecule has 0 rings (SSSR count). The minimum Gasteiger partial charge on any atom is -0.379 e. The molecule has 11 heteroatoms. The Labute approximate surface area is 414 Å². The number of rotatable bonds is 62. The van der Waals surface area contributed by atoms with E-state index in [0.717, 1.165) is 26.1 Å². The molecular weight excluding hydrogens is 849 g/mol. The summed E-state index contributed by atoms with van der Waals surface area (Å²) in [6, 6.07) is 0. The van der Waals surface area contributed by atoms with E-state index < -0.39 is 0 Å². The van der Waals surface area contributed by atoms with Gasteiger partial charge in [-0.1, -0.05) is 154 Å². The number of ether oxygens (including phenoxy) is 11. The monoisotopic (exact) mass is 959 g/mol. The van der Waals surface area contributed by atoms with Crippen LogP contribution in [0.15, 0.2) is 24.3 Å². The van der Waals surface area contributed by atoms with Crippen LogP contribution in [-0.2, 0) is 52.1 Å². The quantitative estimate of drug-likeness (QED) is 0.0430. The van der Waals surface area contributed by atoms with Crippen molar-refractivity contribution in [2.45, 2.75) is 194 Å². The summed E-state index contributed by atoms with van der Waals surface area (Å²) in [5.41, 5.74) is 0. The number of hydrogen-bond donors (Lipinski definition) is 0. The molecule has 0 aromatic heterocycles. The first-order valence-corrected chi connectivity index (χ1v) is 28.1. The maximum atomic E-state index is 5.70. The van der Waals surface area contributed by atoms with Gasteiger partial charge in [-0.2, -0.15) is 0 Å². The minimum atomic E-state index is 0.526. The Morgan fingerprint density at radius 3 is 0.507 bits per heavy atom. The molecule has 67 heavy (non-hydrogen) atoms. The normalized spacial score (nSPS) is 12.0. The lowest BCUT2D eigenvalue weighted by Crippen LogP contribution is -2.15. The zero-order valence-corrected chi connectivity index (χ0v) is 44.2. The van der Waals surface area contributed by atoms with E-state index in [9.17, 15) is 0 Å². The van der Waals surface area contributed by atoms with Crippen LogP contribution in [0.2, 0.25) is 0 Å². The van der Waals surface area contributed by atoms with Gasteiger partial charge < -0.3 is 52.1 Å². The van der Waals surface area contributed by atoms with Crippen LogP contribution in [0.5, 0.6) is 0 Å². The summed E-state index contributed by atoms with van der Waals surface area (Å²) in [5.74, 6) is 0. The van der Waals surface area contributed by atoms with Gasteiger partial charge in [-0.25, -0.2) is 0 Å². The third kappa shape index (κ3) is 65.0. The van der Waals surface area contributed by atoms with Crippen molar-refractivity contribution in [2.24, 2.45) is 0 Å². The van der Waals surface area contributed by atoms with Gasteiger partial charge in [-0.15, -0.1) is 0 Å². The Balaban J connectivity index is 3.09. The molecule has 0 bridgehead atoms. The molecule has 0 atom stereocenters. The highest BCUT2D eigenvalue weighted by Crippen LogP contribution is 2.12. The van der Waals surface area contributed by atoms with Crippen LogP contribution in [0.3, 0.4) is 0 Å². The fourth-order valence-electron chi connectivity index (χ4n) is 7.20. The molecule has 0 radical (unpaired) electrons. The van der Waals surface area contributed by atoms with Crippen LogP contribution in [-0.4, -0.2) is 145 Å². The third-order valence-electron chi connectivity index (χ3n) is 11.3. The van der Waals surface area contributed by atoms with Gasteiger partial charge in [0.25, 0.3) is 0 Å². The summed E-state index contributed by atoms with van der Waals surface area (Å²) in [6.07, 6.45) is 46.6. The van der Waals surface area contributed by atoms with E-state index in [1.165, 1.54) is 167 Å². The van der Waals surface area contributed by atoms with E-state index in [1.807, 2.05) is 0 Å². The zero-order chi connectivity index (χ0) is 48.0. The fourth-order valence-corrected chi connectivity index (χ4v) is 7.20. The average molecular weight is 959 g/mol. The second-order valence-corrected chi connectivity index (χ2v) is 17.6. The largest absolute Gasteiger partial charge is 0.379 e. The summed E-state index contributed by atoms with van der Waals surface area (Å²) >= 11 is 0. The van der Waals surface area contributed by atoms with E-state index in [-0.39, 0.29) is 0 Å². The van der Waals surface area contributed by atoms with Crippen LogP contribution in [0, 0.1) is 0 Å². The molecule has 400 valence electrons. The van der Waals surface area contributed by atoms with Gasteiger partial charge in [-0.05, 0) is 64.2 Å². The molecule has 0 N–H and O–H groups in total. The van der Waals surface area contributed by atoms with Crippen molar-refractivity contribution in [3.8, 4) is 0 Å². The van der Waals surface area contributed by atoms with E-state index in [1.54, 1.807) is 0 Å². The van der Waals surface area contributed by atoms with Gasteiger partial charge in [0, 0.05) is 13.2 Å². The first-order chi connectivity index (χ1) is 33.4. The summed E-state index contributed by atoms with van der Waals surface area (Å²) in [4.78, 5) is 0. The third-order valence-corrected chi connectivity index (χ3v) is 11.3. The molecule has 11 nitrogen and oxygen atoms in total. The van der Waals surface area contributed by atoms with Gasteiger partial charge in [-0.3, -0.25) is 0 Å². The van der Waals surface area contributed by atoms with Gasteiger partial charge in [0.15, 0.2) is 0 Å². The molecule has 0 aromatic rings. The van der Waals surface area contributed by atoms with E-state index >= 15 is 0 Å². The Kier molecular flexibility index (Phi) is 64.1. The minimum absolute atomic E-state index is 0.526. The molecule has 0 fully saturated rings. The highest BCUT2D eigenvalue weighted by atomic mass is 16.6. The molecule has 0 aliphatic carbocycles. The first-order valence-electron chi connectivity index (χ1n) is 28.1. The van der Waals surface area contributed by atoms with Crippen molar-refractivity contribution in [3.05, 3.63) is 24.3 Å². The Bertz CT molecular complexity index is 838. The van der Waals surface area contributed by atoms with Crippen molar-refractivity contribution in [1.29, 1.82) is 0 Å². The van der Waals surface area contributed by atoms with Crippen molar-refractivity contribution < 1.29 is 52.1 Å². The summed E-state index contributed by atoms with van der Waals surface area (Å²) in [6.45, 7) is 17.4. The smallest absolute Gasteiger partial charge is 0.0701 e. The second-order valence-electron chi connectivity index (χ2n) is 17.6. The lowest BCUT2D eigenvalue weighted by molar-refractivity contribution is -0.0275. The lowest BCUT2D eigenvalue weighted by Gasteiger charge is -2.09. The van der Waals surface area contributed by atoms with Gasteiger partial charge in [0.1, 0.15) is 0 Å². The van der Waals surface area contributed by atoms with Gasteiger partial charge >= 0.3 is 0 Å². The van der Waals surface area contributed by atoms with Crippen LogP contribution < -0.4 is 0 Å². The molecule has 0 aliphatic rings. The fraction of sp³-hybridized carbons (Fsp3) is 0.929. The van der Waals surface area contributed by atoms with Crippen LogP contribution in [0.1, 0.15) is 194 Å². The number of unbranched alkanes of at least 4 members (excludes halogenated alkanes) is 24. The highest BCUT2D eigenvalue weighted by molar-refractivity contribution is 4.82. The Morgan fingerprint density at radius 1 is 0.164 bits per heavy atom. The van der Waals surface area contributed by atoms with Crippen molar-refractivity contribution in [3.63, 3.8) is 0 Å². The van der Waals surface area contributed by atoms with E-state index in [0.29, 0.717) is 132 Å².